The van der Waals surface area contributed by atoms with E-state index in [0.29, 0.717) is 12.5 Å². The van der Waals surface area contributed by atoms with Gasteiger partial charge in [-0.3, -0.25) is 19.2 Å². The summed E-state index contributed by atoms with van der Waals surface area (Å²) in [5.41, 5.74) is 3.99. The van der Waals surface area contributed by atoms with E-state index >= 15 is 0 Å². The Hall–Kier alpha value is -2.77. The smallest absolute Gasteiger partial charge is 0.229 e. The van der Waals surface area contributed by atoms with Crippen molar-refractivity contribution in [3.63, 3.8) is 0 Å². The van der Waals surface area contributed by atoms with E-state index in [1.807, 2.05) is 30.5 Å². The number of piperazine rings is 1. The van der Waals surface area contributed by atoms with Gasteiger partial charge in [0.2, 0.25) is 5.95 Å². The molecule has 1 aliphatic rings. The molecule has 0 saturated carbocycles. The van der Waals surface area contributed by atoms with Crippen molar-refractivity contribution in [2.45, 2.75) is 20.4 Å². The predicted octanol–water partition coefficient (Wildman–Crippen LogP) is 2.21. The van der Waals surface area contributed by atoms with Crippen molar-refractivity contribution in [3.05, 3.63) is 65.2 Å². The van der Waals surface area contributed by atoms with Crippen LogP contribution in [-0.2, 0) is 6.54 Å². The van der Waals surface area contributed by atoms with Gasteiger partial charge < -0.3 is 0 Å². The molecular formula is C21H26N6O. The minimum atomic E-state index is 0.162. The highest BCUT2D eigenvalue weighted by Crippen LogP contribution is 2.19. The maximum absolute atomic E-state index is 12.9. The molecule has 0 unspecified atom stereocenters. The summed E-state index contributed by atoms with van der Waals surface area (Å²) in [4.78, 5) is 21.8. The molecule has 1 fully saturated rings. The molecule has 3 aromatic rings. The lowest BCUT2D eigenvalue weighted by atomic mass is 10.1. The average Bonchev–Trinajstić information content (AvgIpc) is 3.32. The molecule has 0 aliphatic carbocycles. The molecule has 0 atom stereocenters. The number of benzene rings is 1. The zero-order chi connectivity index (χ0) is 19.5. The van der Waals surface area contributed by atoms with Crippen LogP contribution in [0.2, 0.25) is 0 Å². The molecule has 4 rings (SSSR count). The quantitative estimate of drug-likeness (QED) is 0.666. The van der Waals surface area contributed by atoms with Gasteiger partial charge in [-0.05, 0) is 25.5 Å². The number of aromatic nitrogens is 4. The lowest BCUT2D eigenvalue weighted by Crippen LogP contribution is -2.47. The lowest BCUT2D eigenvalue weighted by molar-refractivity contribution is 0.0843. The number of H-pyrrole nitrogens is 1. The molecule has 28 heavy (non-hydrogen) atoms. The summed E-state index contributed by atoms with van der Waals surface area (Å²) < 4.78 is 1.94. The largest absolute Gasteiger partial charge is 0.297 e. The van der Waals surface area contributed by atoms with E-state index in [-0.39, 0.29) is 5.78 Å². The summed E-state index contributed by atoms with van der Waals surface area (Å²) in [6.45, 7) is 9.17. The van der Waals surface area contributed by atoms with Gasteiger partial charge in [0, 0.05) is 49.7 Å². The molecule has 146 valence electrons. The molecule has 0 amide bonds. The molecule has 1 N–H and O–H groups in total. The number of hydrogen-bond acceptors (Lipinski definition) is 5. The zero-order valence-corrected chi connectivity index (χ0v) is 16.4. The van der Waals surface area contributed by atoms with Gasteiger partial charge in [-0.25, -0.2) is 5.10 Å². The standard InChI is InChI=1S/C21H26N6O/c1-16-12-19(17(2)27(16)21-22-15-23-24-21)20(28)14-26-10-8-25(9-11-26)13-18-6-4-3-5-7-18/h3-7,12,15H,8-11,13-14H2,1-2H3,(H,22,23,24). The molecule has 1 aromatic carbocycles. The Bertz CT molecular complexity index is 923. The highest BCUT2D eigenvalue weighted by atomic mass is 16.1. The molecule has 7 heteroatoms. The number of aromatic amines is 1. The maximum Gasteiger partial charge on any atom is 0.229 e. The van der Waals surface area contributed by atoms with Gasteiger partial charge in [0.05, 0.1) is 6.54 Å². The van der Waals surface area contributed by atoms with Crippen molar-refractivity contribution in [2.24, 2.45) is 0 Å². The molecule has 0 radical (unpaired) electrons. The Labute approximate surface area is 165 Å². The SMILES string of the molecule is Cc1cc(C(=O)CN2CCN(Cc3ccccc3)CC2)c(C)n1-c1ncn[nH]1. The number of Topliss-reactive ketones (excluding diaryl/α,β-unsaturated/α-hetero) is 1. The molecule has 0 bridgehead atoms. The third kappa shape index (κ3) is 3.90. The molecule has 7 nitrogen and oxygen atoms in total. The van der Waals surface area contributed by atoms with Crippen molar-refractivity contribution >= 4 is 5.78 Å². The van der Waals surface area contributed by atoms with Crippen molar-refractivity contribution < 1.29 is 4.79 Å². The molecular weight excluding hydrogens is 352 g/mol. The minimum absolute atomic E-state index is 0.162. The zero-order valence-electron chi connectivity index (χ0n) is 16.4. The fourth-order valence-electron chi connectivity index (χ4n) is 3.91. The van der Waals surface area contributed by atoms with Crippen LogP contribution in [0.1, 0.15) is 27.3 Å². The number of nitrogens with zero attached hydrogens (tertiary/aromatic N) is 5. The van der Waals surface area contributed by atoms with Crippen LogP contribution in [0.3, 0.4) is 0 Å². The summed E-state index contributed by atoms with van der Waals surface area (Å²) in [6, 6.07) is 12.5. The van der Waals surface area contributed by atoms with Gasteiger partial charge in [0.15, 0.2) is 5.78 Å². The summed E-state index contributed by atoms with van der Waals surface area (Å²) in [7, 11) is 0. The second kappa shape index (κ2) is 8.08. The van der Waals surface area contributed by atoms with E-state index in [1.165, 1.54) is 11.9 Å². The fraction of sp³-hybridized carbons (Fsp3) is 0.381. The van der Waals surface area contributed by atoms with Gasteiger partial charge in [0.25, 0.3) is 0 Å². The Morgan fingerprint density at radius 3 is 2.46 bits per heavy atom. The Balaban J connectivity index is 1.36. The maximum atomic E-state index is 12.9. The molecule has 0 spiro atoms. The van der Waals surface area contributed by atoms with Crippen molar-refractivity contribution in [3.8, 4) is 5.95 Å². The summed E-state index contributed by atoms with van der Waals surface area (Å²) in [5, 5.41) is 6.78. The van der Waals surface area contributed by atoms with E-state index in [0.717, 1.165) is 49.7 Å². The third-order valence-corrected chi connectivity index (χ3v) is 5.43. The first-order valence-electron chi connectivity index (χ1n) is 9.68. The third-order valence-electron chi connectivity index (χ3n) is 5.43. The number of carbonyl (C=O) groups excluding carboxylic acids is 1. The van der Waals surface area contributed by atoms with Gasteiger partial charge in [-0.2, -0.15) is 10.1 Å². The first-order valence-corrected chi connectivity index (χ1v) is 9.68. The summed E-state index contributed by atoms with van der Waals surface area (Å²) >= 11 is 0. The van der Waals surface area contributed by atoms with E-state index in [9.17, 15) is 4.79 Å². The second-order valence-corrected chi connectivity index (χ2v) is 7.39. The number of carbonyl (C=O) groups is 1. The van der Waals surface area contributed by atoms with Crippen LogP contribution in [0, 0.1) is 13.8 Å². The molecule has 2 aromatic heterocycles. The molecule has 3 heterocycles. The van der Waals surface area contributed by atoms with E-state index in [1.54, 1.807) is 0 Å². The average molecular weight is 378 g/mol. The van der Waals surface area contributed by atoms with Gasteiger partial charge in [-0.1, -0.05) is 30.3 Å². The minimum Gasteiger partial charge on any atom is -0.297 e. The van der Waals surface area contributed by atoms with E-state index < -0.39 is 0 Å². The van der Waals surface area contributed by atoms with Gasteiger partial charge in [-0.15, -0.1) is 0 Å². The van der Waals surface area contributed by atoms with Crippen molar-refractivity contribution in [1.29, 1.82) is 0 Å². The first kappa shape index (κ1) is 18.6. The normalized spacial score (nSPS) is 15.8. The van der Waals surface area contributed by atoms with Crippen LogP contribution >= 0.6 is 0 Å². The topological polar surface area (TPSA) is 70.1 Å². The number of aryl methyl sites for hydroxylation is 1. The lowest BCUT2D eigenvalue weighted by Gasteiger charge is -2.34. The van der Waals surface area contributed by atoms with Crippen molar-refractivity contribution in [2.75, 3.05) is 32.7 Å². The predicted molar refractivity (Wildman–Crippen MR) is 108 cm³/mol. The number of ketones is 1. The fourth-order valence-corrected chi connectivity index (χ4v) is 3.91. The molecule has 1 aliphatic heterocycles. The van der Waals surface area contributed by atoms with Crippen LogP contribution in [0.25, 0.3) is 5.95 Å². The van der Waals surface area contributed by atoms with Gasteiger partial charge in [0.1, 0.15) is 6.33 Å². The monoisotopic (exact) mass is 378 g/mol. The Morgan fingerprint density at radius 2 is 1.79 bits per heavy atom. The van der Waals surface area contributed by atoms with Crippen LogP contribution < -0.4 is 0 Å². The van der Waals surface area contributed by atoms with Crippen LogP contribution in [-0.4, -0.2) is 68.1 Å². The second-order valence-electron chi connectivity index (χ2n) is 7.39. The Morgan fingerprint density at radius 1 is 1.07 bits per heavy atom. The number of nitrogens with one attached hydrogen (secondary N) is 1. The first-order chi connectivity index (χ1) is 13.6. The van der Waals surface area contributed by atoms with Gasteiger partial charge >= 0.3 is 0 Å². The van der Waals surface area contributed by atoms with Crippen molar-refractivity contribution in [1.82, 2.24) is 29.5 Å². The number of rotatable bonds is 6. The number of hydrogen-bond donors (Lipinski definition) is 1. The van der Waals surface area contributed by atoms with Crippen LogP contribution in [0.15, 0.2) is 42.7 Å². The Kier molecular flexibility index (Phi) is 5.36. The summed E-state index contributed by atoms with van der Waals surface area (Å²) in [5.74, 6) is 0.805. The van der Waals surface area contributed by atoms with E-state index in [2.05, 4.69) is 49.2 Å². The highest BCUT2D eigenvalue weighted by Gasteiger charge is 2.23. The summed E-state index contributed by atoms with van der Waals surface area (Å²) in [6.07, 6.45) is 1.48. The molecule has 1 saturated heterocycles. The van der Waals surface area contributed by atoms with Crippen LogP contribution in [0.5, 0.6) is 0 Å². The van der Waals surface area contributed by atoms with E-state index in [4.69, 9.17) is 0 Å². The highest BCUT2D eigenvalue weighted by molar-refractivity contribution is 5.99. The van der Waals surface area contributed by atoms with Crippen LogP contribution in [0.4, 0.5) is 0 Å².